The number of benzene rings is 1. The molecule has 0 radical (unpaired) electrons. The molecular weight excluding hydrogens is 240 g/mol. The molecule has 0 amide bonds. The van der Waals surface area contributed by atoms with E-state index in [0.717, 1.165) is 16.6 Å². The number of rotatable bonds is 4. The second kappa shape index (κ2) is 5.69. The standard InChI is InChI=1S/C15H18N2O2/c1-4-11(15(18)19-5-2)9-12-7-6-8-13-14(12)16-10-17(13)3/h6-10H,4-5H2,1-3H3/b11-9+. The van der Waals surface area contributed by atoms with Crippen LogP contribution in [0.25, 0.3) is 17.1 Å². The maximum atomic E-state index is 11.8. The number of imidazole rings is 1. The van der Waals surface area contributed by atoms with Gasteiger partial charge in [-0.1, -0.05) is 19.1 Å². The summed E-state index contributed by atoms with van der Waals surface area (Å²) in [4.78, 5) is 16.2. The van der Waals surface area contributed by atoms with Gasteiger partial charge in [-0.2, -0.15) is 0 Å². The summed E-state index contributed by atoms with van der Waals surface area (Å²) in [7, 11) is 1.95. The molecule has 4 nitrogen and oxygen atoms in total. The van der Waals surface area contributed by atoms with Gasteiger partial charge in [0.1, 0.15) is 0 Å². The molecule has 0 aliphatic heterocycles. The summed E-state index contributed by atoms with van der Waals surface area (Å²) in [6, 6.07) is 5.94. The van der Waals surface area contributed by atoms with E-state index in [1.54, 1.807) is 6.33 Å². The Balaban J connectivity index is 2.46. The van der Waals surface area contributed by atoms with E-state index in [-0.39, 0.29) is 5.97 Å². The van der Waals surface area contributed by atoms with Crippen molar-refractivity contribution in [2.24, 2.45) is 7.05 Å². The number of esters is 1. The van der Waals surface area contributed by atoms with Crippen LogP contribution >= 0.6 is 0 Å². The Hall–Kier alpha value is -2.10. The molecule has 4 heteroatoms. The second-order valence-corrected chi connectivity index (χ2v) is 4.31. The van der Waals surface area contributed by atoms with Crippen LogP contribution in [0.4, 0.5) is 0 Å². The normalized spacial score (nSPS) is 11.8. The van der Waals surface area contributed by atoms with Gasteiger partial charge in [-0.15, -0.1) is 0 Å². The Morgan fingerprint density at radius 3 is 2.89 bits per heavy atom. The quantitative estimate of drug-likeness (QED) is 0.625. The van der Waals surface area contributed by atoms with Crippen molar-refractivity contribution in [3.63, 3.8) is 0 Å². The molecule has 0 N–H and O–H groups in total. The third-order valence-electron chi connectivity index (χ3n) is 3.03. The average molecular weight is 258 g/mol. The Morgan fingerprint density at radius 2 is 2.21 bits per heavy atom. The second-order valence-electron chi connectivity index (χ2n) is 4.31. The molecule has 0 spiro atoms. The van der Waals surface area contributed by atoms with Gasteiger partial charge in [-0.25, -0.2) is 9.78 Å². The van der Waals surface area contributed by atoms with Gasteiger partial charge >= 0.3 is 5.97 Å². The monoisotopic (exact) mass is 258 g/mol. The Labute approximate surface area is 112 Å². The van der Waals surface area contributed by atoms with Crippen molar-refractivity contribution in [1.29, 1.82) is 0 Å². The van der Waals surface area contributed by atoms with Gasteiger partial charge in [-0.05, 0) is 25.5 Å². The van der Waals surface area contributed by atoms with Gasteiger partial charge in [-0.3, -0.25) is 0 Å². The third kappa shape index (κ3) is 2.67. The number of ether oxygens (including phenoxy) is 1. The fourth-order valence-electron chi connectivity index (χ4n) is 2.01. The van der Waals surface area contributed by atoms with E-state index in [0.29, 0.717) is 18.6 Å². The third-order valence-corrected chi connectivity index (χ3v) is 3.03. The Morgan fingerprint density at radius 1 is 1.42 bits per heavy atom. The van der Waals surface area contributed by atoms with Crippen LogP contribution in [0.1, 0.15) is 25.8 Å². The number of hydrogen-bond donors (Lipinski definition) is 0. The molecule has 0 unspecified atom stereocenters. The molecule has 1 heterocycles. The summed E-state index contributed by atoms with van der Waals surface area (Å²) in [5.74, 6) is -0.252. The lowest BCUT2D eigenvalue weighted by molar-refractivity contribution is -0.138. The Kier molecular flexibility index (Phi) is 4.00. The largest absolute Gasteiger partial charge is 0.463 e. The van der Waals surface area contributed by atoms with Crippen molar-refractivity contribution in [1.82, 2.24) is 9.55 Å². The maximum Gasteiger partial charge on any atom is 0.333 e. The van der Waals surface area contributed by atoms with E-state index >= 15 is 0 Å². The zero-order valence-electron chi connectivity index (χ0n) is 11.5. The van der Waals surface area contributed by atoms with E-state index in [2.05, 4.69) is 4.98 Å². The first-order valence-corrected chi connectivity index (χ1v) is 6.45. The number of fused-ring (bicyclic) bond motifs is 1. The van der Waals surface area contributed by atoms with Crippen molar-refractivity contribution < 1.29 is 9.53 Å². The summed E-state index contributed by atoms with van der Waals surface area (Å²) < 4.78 is 7.01. The summed E-state index contributed by atoms with van der Waals surface area (Å²) in [6.07, 6.45) is 4.29. The van der Waals surface area contributed by atoms with Crippen LogP contribution in [0.5, 0.6) is 0 Å². The predicted octanol–water partition coefficient (Wildman–Crippen LogP) is 2.93. The predicted molar refractivity (Wildman–Crippen MR) is 75.6 cm³/mol. The van der Waals surface area contributed by atoms with Crippen LogP contribution in [0.3, 0.4) is 0 Å². The van der Waals surface area contributed by atoms with Crippen molar-refractivity contribution in [3.8, 4) is 0 Å². The lowest BCUT2D eigenvalue weighted by Crippen LogP contribution is -2.06. The lowest BCUT2D eigenvalue weighted by Gasteiger charge is -2.05. The smallest absolute Gasteiger partial charge is 0.333 e. The van der Waals surface area contributed by atoms with E-state index in [4.69, 9.17) is 4.74 Å². The van der Waals surface area contributed by atoms with Crippen molar-refractivity contribution in [2.45, 2.75) is 20.3 Å². The number of para-hydroxylation sites is 1. The highest BCUT2D eigenvalue weighted by molar-refractivity contribution is 5.96. The molecule has 100 valence electrons. The molecule has 0 aliphatic rings. The number of aromatic nitrogens is 2. The van der Waals surface area contributed by atoms with Crippen molar-refractivity contribution >= 4 is 23.1 Å². The van der Waals surface area contributed by atoms with Gasteiger partial charge in [0.25, 0.3) is 0 Å². The van der Waals surface area contributed by atoms with Gasteiger partial charge in [0.2, 0.25) is 0 Å². The molecule has 1 aromatic carbocycles. The highest BCUT2D eigenvalue weighted by atomic mass is 16.5. The van der Waals surface area contributed by atoms with Crippen LogP contribution in [0.2, 0.25) is 0 Å². The molecule has 2 rings (SSSR count). The van der Waals surface area contributed by atoms with Crippen LogP contribution in [-0.4, -0.2) is 22.1 Å². The van der Waals surface area contributed by atoms with Crippen LogP contribution in [-0.2, 0) is 16.6 Å². The van der Waals surface area contributed by atoms with Crippen molar-refractivity contribution in [2.75, 3.05) is 6.61 Å². The molecule has 2 aromatic rings. The highest BCUT2D eigenvalue weighted by Gasteiger charge is 2.10. The number of hydrogen-bond acceptors (Lipinski definition) is 3. The molecule has 0 saturated carbocycles. The summed E-state index contributed by atoms with van der Waals surface area (Å²) in [5.41, 5.74) is 3.57. The van der Waals surface area contributed by atoms with E-state index in [1.165, 1.54) is 0 Å². The molecule has 0 atom stereocenters. The number of carbonyl (C=O) groups excluding carboxylic acids is 1. The molecule has 1 aromatic heterocycles. The summed E-state index contributed by atoms with van der Waals surface area (Å²) in [6.45, 7) is 4.15. The first kappa shape index (κ1) is 13.3. The maximum absolute atomic E-state index is 11.8. The molecule has 0 saturated heterocycles. The molecule has 0 aliphatic carbocycles. The minimum absolute atomic E-state index is 0.252. The lowest BCUT2D eigenvalue weighted by atomic mass is 10.1. The van der Waals surface area contributed by atoms with Gasteiger partial charge in [0, 0.05) is 18.2 Å². The highest BCUT2D eigenvalue weighted by Crippen LogP contribution is 2.20. The number of nitrogens with zero attached hydrogens (tertiary/aromatic N) is 2. The minimum Gasteiger partial charge on any atom is -0.463 e. The van der Waals surface area contributed by atoms with Crippen LogP contribution < -0.4 is 0 Å². The summed E-state index contributed by atoms with van der Waals surface area (Å²) in [5, 5.41) is 0. The molecule has 0 fully saturated rings. The van der Waals surface area contributed by atoms with Crippen LogP contribution in [0, 0.1) is 0 Å². The topological polar surface area (TPSA) is 44.1 Å². The van der Waals surface area contributed by atoms with Gasteiger partial charge < -0.3 is 9.30 Å². The minimum atomic E-state index is -0.252. The van der Waals surface area contributed by atoms with E-state index in [9.17, 15) is 4.79 Å². The fraction of sp³-hybridized carbons (Fsp3) is 0.333. The summed E-state index contributed by atoms with van der Waals surface area (Å²) >= 11 is 0. The first-order chi connectivity index (χ1) is 9.17. The fourth-order valence-corrected chi connectivity index (χ4v) is 2.01. The van der Waals surface area contributed by atoms with Crippen molar-refractivity contribution in [3.05, 3.63) is 35.7 Å². The zero-order valence-corrected chi connectivity index (χ0v) is 11.5. The molecule has 19 heavy (non-hydrogen) atoms. The number of carbonyl (C=O) groups is 1. The number of aryl methyl sites for hydroxylation is 1. The van der Waals surface area contributed by atoms with Gasteiger partial charge in [0.15, 0.2) is 0 Å². The van der Waals surface area contributed by atoms with E-state index in [1.807, 2.05) is 49.7 Å². The molecule has 0 bridgehead atoms. The SMILES string of the molecule is CCOC(=O)/C(=C/c1cccc2c1ncn2C)CC. The zero-order chi connectivity index (χ0) is 13.8. The van der Waals surface area contributed by atoms with Crippen LogP contribution in [0.15, 0.2) is 30.1 Å². The van der Waals surface area contributed by atoms with Gasteiger partial charge in [0.05, 0.1) is 24.0 Å². The Bertz CT molecular complexity index is 626. The first-order valence-electron chi connectivity index (χ1n) is 6.45. The molecular formula is C15H18N2O2. The van der Waals surface area contributed by atoms with E-state index < -0.39 is 0 Å². The average Bonchev–Trinajstić information content (AvgIpc) is 2.79.